The number of carbonyl (C=O) groups excluding carboxylic acids is 3. The minimum Gasteiger partial charge on any atom is -0.420 e. The smallest absolute Gasteiger partial charge is 0.363 e. The monoisotopic (exact) mass is 596 g/mol. The van der Waals surface area contributed by atoms with Gasteiger partial charge in [-0.3, -0.25) is 4.79 Å². The van der Waals surface area contributed by atoms with Crippen LogP contribution in [0.5, 0.6) is 5.75 Å². The number of aryl methyl sites for hydroxylation is 1. The number of hydrogen-bond acceptors (Lipinski definition) is 6. The van der Waals surface area contributed by atoms with E-state index in [9.17, 15) is 14.4 Å². The van der Waals surface area contributed by atoms with Crippen molar-refractivity contribution in [2.75, 3.05) is 5.32 Å². The second-order valence-electron chi connectivity index (χ2n) is 7.61. The first-order valence-corrected chi connectivity index (χ1v) is 12.0. The Hall–Kier alpha value is -3.56. The Morgan fingerprint density at radius 1 is 1.03 bits per heavy atom. The summed E-state index contributed by atoms with van der Waals surface area (Å²) in [5, 5.41) is 2.67. The van der Waals surface area contributed by atoms with Crippen LogP contribution in [-0.2, 0) is 14.3 Å². The zero-order valence-electron chi connectivity index (χ0n) is 18.6. The zero-order chi connectivity index (χ0) is 25.1. The van der Waals surface area contributed by atoms with Crippen molar-refractivity contribution >= 4 is 67.4 Å². The molecule has 0 aliphatic carbocycles. The molecule has 4 rings (SSSR count). The Bertz CT molecular complexity index is 1390. The fourth-order valence-corrected chi connectivity index (χ4v) is 4.68. The molecule has 35 heavy (non-hydrogen) atoms. The SMILES string of the molecule is CC(=O)Nc1ccc(C2=N/C(=C\c3cc(Br)c(OC(=O)c4ccccc4C)c(Br)c3)C(=O)O2)cc1. The van der Waals surface area contributed by atoms with Crippen LogP contribution >= 0.6 is 31.9 Å². The van der Waals surface area contributed by atoms with Gasteiger partial charge in [-0.25, -0.2) is 14.6 Å². The molecule has 176 valence electrons. The van der Waals surface area contributed by atoms with E-state index in [0.717, 1.165) is 5.56 Å². The van der Waals surface area contributed by atoms with E-state index < -0.39 is 11.9 Å². The lowest BCUT2D eigenvalue weighted by atomic mass is 10.1. The van der Waals surface area contributed by atoms with Gasteiger partial charge >= 0.3 is 11.9 Å². The van der Waals surface area contributed by atoms with E-state index in [1.54, 1.807) is 54.6 Å². The standard InChI is InChI=1S/C26H18Br2N2O5/c1-14-5-3-4-6-19(14)25(32)34-23-20(27)11-16(12-21(23)28)13-22-26(33)35-24(30-22)17-7-9-18(10-8-17)29-15(2)31/h3-13H,1-2H3,(H,29,31)/b22-13-. The van der Waals surface area contributed by atoms with Crippen molar-refractivity contribution < 1.29 is 23.9 Å². The minimum absolute atomic E-state index is 0.120. The number of aliphatic imine (C=N–C) groups is 1. The van der Waals surface area contributed by atoms with Crippen LogP contribution in [0.4, 0.5) is 5.69 Å². The van der Waals surface area contributed by atoms with Crippen molar-refractivity contribution in [2.24, 2.45) is 4.99 Å². The molecule has 0 saturated carbocycles. The van der Waals surface area contributed by atoms with Crippen molar-refractivity contribution in [3.8, 4) is 5.75 Å². The summed E-state index contributed by atoms with van der Waals surface area (Å²) in [6, 6.07) is 17.4. The van der Waals surface area contributed by atoms with Gasteiger partial charge in [0.15, 0.2) is 11.4 Å². The number of hydrogen-bond donors (Lipinski definition) is 1. The van der Waals surface area contributed by atoms with Gasteiger partial charge in [0.2, 0.25) is 11.8 Å². The van der Waals surface area contributed by atoms with Crippen LogP contribution in [0.15, 0.2) is 80.3 Å². The van der Waals surface area contributed by atoms with Gasteiger partial charge in [-0.15, -0.1) is 0 Å². The van der Waals surface area contributed by atoms with Crippen molar-refractivity contribution in [2.45, 2.75) is 13.8 Å². The molecule has 0 saturated heterocycles. The number of ether oxygens (including phenoxy) is 2. The molecule has 1 N–H and O–H groups in total. The van der Waals surface area contributed by atoms with Crippen LogP contribution in [0, 0.1) is 6.92 Å². The highest BCUT2D eigenvalue weighted by atomic mass is 79.9. The van der Waals surface area contributed by atoms with Gasteiger partial charge in [-0.2, -0.15) is 0 Å². The van der Waals surface area contributed by atoms with E-state index in [1.807, 2.05) is 19.1 Å². The molecule has 7 nitrogen and oxygen atoms in total. The maximum absolute atomic E-state index is 12.6. The highest BCUT2D eigenvalue weighted by Gasteiger charge is 2.24. The summed E-state index contributed by atoms with van der Waals surface area (Å²) in [7, 11) is 0. The summed E-state index contributed by atoms with van der Waals surface area (Å²) in [5.41, 5.74) is 3.26. The lowest BCUT2D eigenvalue weighted by molar-refractivity contribution is -0.129. The third-order valence-corrected chi connectivity index (χ3v) is 6.13. The van der Waals surface area contributed by atoms with Gasteiger partial charge in [0, 0.05) is 18.2 Å². The number of esters is 2. The van der Waals surface area contributed by atoms with Crippen molar-refractivity contribution in [3.63, 3.8) is 0 Å². The van der Waals surface area contributed by atoms with Gasteiger partial charge in [0.05, 0.1) is 14.5 Å². The van der Waals surface area contributed by atoms with E-state index in [-0.39, 0.29) is 17.5 Å². The Kier molecular flexibility index (Phi) is 7.28. The summed E-state index contributed by atoms with van der Waals surface area (Å²) < 4.78 is 11.9. The van der Waals surface area contributed by atoms with Crippen LogP contribution in [0.1, 0.15) is 34.0 Å². The van der Waals surface area contributed by atoms with Gasteiger partial charge in [-0.1, -0.05) is 18.2 Å². The number of halogens is 2. The summed E-state index contributed by atoms with van der Waals surface area (Å²) in [4.78, 5) is 40.5. The predicted molar refractivity (Wildman–Crippen MR) is 139 cm³/mol. The van der Waals surface area contributed by atoms with Crippen LogP contribution in [0.2, 0.25) is 0 Å². The highest BCUT2D eigenvalue weighted by molar-refractivity contribution is 9.11. The van der Waals surface area contributed by atoms with E-state index in [4.69, 9.17) is 9.47 Å². The lowest BCUT2D eigenvalue weighted by Gasteiger charge is -2.11. The number of cyclic esters (lactones) is 1. The van der Waals surface area contributed by atoms with Gasteiger partial charge < -0.3 is 14.8 Å². The van der Waals surface area contributed by atoms with E-state index in [0.29, 0.717) is 37.1 Å². The van der Waals surface area contributed by atoms with Crippen LogP contribution in [0.3, 0.4) is 0 Å². The molecule has 1 aliphatic heterocycles. The molecule has 9 heteroatoms. The fraction of sp³-hybridized carbons (Fsp3) is 0.0769. The molecule has 1 heterocycles. The Morgan fingerprint density at radius 2 is 1.69 bits per heavy atom. The molecule has 0 bridgehead atoms. The largest absolute Gasteiger partial charge is 0.420 e. The number of anilines is 1. The summed E-state index contributed by atoms with van der Waals surface area (Å²) in [6.45, 7) is 3.26. The van der Waals surface area contributed by atoms with E-state index in [2.05, 4.69) is 42.2 Å². The number of benzene rings is 3. The Balaban J connectivity index is 1.56. The normalized spacial score (nSPS) is 13.9. The van der Waals surface area contributed by atoms with Crippen LogP contribution in [-0.4, -0.2) is 23.7 Å². The van der Waals surface area contributed by atoms with Gasteiger partial charge in [0.25, 0.3) is 0 Å². The highest BCUT2D eigenvalue weighted by Crippen LogP contribution is 2.36. The lowest BCUT2D eigenvalue weighted by Crippen LogP contribution is -2.11. The van der Waals surface area contributed by atoms with Crippen LogP contribution < -0.4 is 10.1 Å². The molecular formula is C26H18Br2N2O5. The maximum Gasteiger partial charge on any atom is 0.363 e. The number of rotatable bonds is 5. The third kappa shape index (κ3) is 5.75. The fourth-order valence-electron chi connectivity index (χ4n) is 3.30. The Labute approximate surface area is 218 Å². The second-order valence-corrected chi connectivity index (χ2v) is 9.32. The van der Waals surface area contributed by atoms with Gasteiger partial charge in [0.1, 0.15) is 0 Å². The molecule has 0 atom stereocenters. The summed E-state index contributed by atoms with van der Waals surface area (Å²) >= 11 is 6.87. The van der Waals surface area contributed by atoms with Crippen LogP contribution in [0.25, 0.3) is 6.08 Å². The van der Waals surface area contributed by atoms with E-state index >= 15 is 0 Å². The number of amides is 1. The molecule has 3 aromatic rings. The molecule has 0 spiro atoms. The molecule has 0 radical (unpaired) electrons. The molecule has 1 amide bonds. The third-order valence-electron chi connectivity index (χ3n) is 4.96. The van der Waals surface area contributed by atoms with E-state index in [1.165, 1.54) is 6.92 Å². The molecule has 0 unspecified atom stereocenters. The quantitative estimate of drug-likeness (QED) is 0.220. The first kappa shape index (κ1) is 24.6. The van der Waals surface area contributed by atoms with Crippen molar-refractivity contribution in [1.29, 1.82) is 0 Å². The second kappa shape index (κ2) is 10.4. The summed E-state index contributed by atoms with van der Waals surface area (Å²) in [5.74, 6) is -0.766. The topological polar surface area (TPSA) is 94.1 Å². The average molecular weight is 598 g/mol. The minimum atomic E-state index is -0.590. The number of nitrogens with one attached hydrogen (secondary N) is 1. The Morgan fingerprint density at radius 3 is 2.31 bits per heavy atom. The average Bonchev–Trinajstić information content (AvgIpc) is 3.16. The predicted octanol–water partition coefficient (Wildman–Crippen LogP) is 6.04. The number of carbonyl (C=O) groups is 3. The molecule has 3 aromatic carbocycles. The summed E-state index contributed by atoms with van der Waals surface area (Å²) in [6.07, 6.45) is 1.57. The first-order chi connectivity index (χ1) is 16.7. The molecule has 0 aromatic heterocycles. The molecular weight excluding hydrogens is 580 g/mol. The van der Waals surface area contributed by atoms with Gasteiger partial charge in [-0.05, 0) is 98.5 Å². The molecule has 0 fully saturated rings. The zero-order valence-corrected chi connectivity index (χ0v) is 21.8. The van der Waals surface area contributed by atoms with Crippen molar-refractivity contribution in [3.05, 3.63) is 97.6 Å². The maximum atomic E-state index is 12.6. The first-order valence-electron chi connectivity index (χ1n) is 10.4. The molecule has 1 aliphatic rings. The van der Waals surface area contributed by atoms with Crippen molar-refractivity contribution in [1.82, 2.24) is 0 Å². The number of nitrogens with zero attached hydrogens (tertiary/aromatic N) is 1.